The Morgan fingerprint density at radius 1 is 1.23 bits per heavy atom. The average molecular weight is 351 g/mol. The number of carbonyl (C=O) groups is 1. The Bertz CT molecular complexity index is 865. The molecule has 136 valence electrons. The van der Waals surface area contributed by atoms with Crippen molar-refractivity contribution in [2.75, 3.05) is 6.54 Å². The number of nitrogens with zero attached hydrogens (tertiary/aromatic N) is 4. The highest BCUT2D eigenvalue weighted by atomic mass is 16.1. The van der Waals surface area contributed by atoms with Crippen LogP contribution in [0.2, 0.25) is 0 Å². The lowest BCUT2D eigenvalue weighted by Crippen LogP contribution is -2.33. The van der Waals surface area contributed by atoms with Gasteiger partial charge in [0.2, 0.25) is 5.91 Å². The minimum Gasteiger partial charge on any atom is -0.355 e. The number of rotatable bonds is 7. The lowest BCUT2D eigenvalue weighted by atomic mass is 10.1. The molecule has 0 spiro atoms. The molecule has 2 heterocycles. The van der Waals surface area contributed by atoms with E-state index in [4.69, 9.17) is 0 Å². The number of carbonyl (C=O) groups excluding carboxylic acids is 1. The molecule has 6 heteroatoms. The summed E-state index contributed by atoms with van der Waals surface area (Å²) in [6.07, 6.45) is 4.60. The molecule has 0 aliphatic heterocycles. The average Bonchev–Trinajstić information content (AvgIpc) is 3.22. The quantitative estimate of drug-likeness (QED) is 0.712. The zero-order chi connectivity index (χ0) is 18.5. The molecule has 6 nitrogen and oxygen atoms in total. The van der Waals surface area contributed by atoms with Gasteiger partial charge in [-0.2, -0.15) is 10.2 Å². The number of nitrogens with one attached hydrogen (secondary N) is 1. The van der Waals surface area contributed by atoms with Crippen LogP contribution >= 0.6 is 0 Å². The minimum atomic E-state index is -0.125. The summed E-state index contributed by atoms with van der Waals surface area (Å²) in [4.78, 5) is 12.3. The smallest absolute Gasteiger partial charge is 0.224 e. The van der Waals surface area contributed by atoms with Gasteiger partial charge in [0, 0.05) is 18.4 Å². The highest BCUT2D eigenvalue weighted by Crippen LogP contribution is 2.09. The molecule has 2 aromatic heterocycles. The third-order valence-electron chi connectivity index (χ3n) is 4.37. The summed E-state index contributed by atoms with van der Waals surface area (Å²) in [6, 6.07) is 12.0. The maximum atomic E-state index is 12.3. The standard InChI is InChI=1S/C20H25N5O/c1-15(13-24-17(3)11-16(2)23-24)20(26)21-10-9-18-12-22-25(14-18)19-7-5-4-6-8-19/h4-8,11-12,14-15H,9-10,13H2,1-3H3,(H,21,26). The molecule has 1 amide bonds. The number of benzene rings is 1. The number of hydrogen-bond acceptors (Lipinski definition) is 3. The molecule has 0 aliphatic carbocycles. The van der Waals surface area contributed by atoms with E-state index in [1.54, 1.807) is 0 Å². The third kappa shape index (κ3) is 4.39. The topological polar surface area (TPSA) is 64.7 Å². The van der Waals surface area contributed by atoms with Crippen molar-refractivity contribution >= 4 is 5.91 Å². The van der Waals surface area contributed by atoms with Gasteiger partial charge in [-0.15, -0.1) is 0 Å². The monoisotopic (exact) mass is 351 g/mol. The minimum absolute atomic E-state index is 0.0491. The van der Waals surface area contributed by atoms with Crippen molar-refractivity contribution in [2.45, 2.75) is 33.7 Å². The molecular weight excluding hydrogens is 326 g/mol. The van der Waals surface area contributed by atoms with E-state index in [1.807, 2.05) is 78.9 Å². The number of para-hydroxylation sites is 1. The number of amides is 1. The van der Waals surface area contributed by atoms with Crippen LogP contribution in [0.3, 0.4) is 0 Å². The molecule has 0 aliphatic rings. The zero-order valence-corrected chi connectivity index (χ0v) is 15.5. The van der Waals surface area contributed by atoms with E-state index < -0.39 is 0 Å². The fourth-order valence-corrected chi connectivity index (χ4v) is 2.92. The van der Waals surface area contributed by atoms with Gasteiger partial charge in [-0.05, 0) is 44.0 Å². The van der Waals surface area contributed by atoms with Crippen LogP contribution < -0.4 is 5.32 Å². The van der Waals surface area contributed by atoms with Crippen LogP contribution in [0.4, 0.5) is 0 Å². The summed E-state index contributed by atoms with van der Waals surface area (Å²) in [7, 11) is 0. The second kappa shape index (κ2) is 7.99. The second-order valence-corrected chi connectivity index (χ2v) is 6.68. The Balaban J connectivity index is 1.48. The van der Waals surface area contributed by atoms with Gasteiger partial charge >= 0.3 is 0 Å². The molecule has 0 saturated carbocycles. The zero-order valence-electron chi connectivity index (χ0n) is 15.5. The molecule has 1 aromatic carbocycles. The Hall–Kier alpha value is -2.89. The predicted octanol–water partition coefficient (Wildman–Crippen LogP) is 2.68. The van der Waals surface area contributed by atoms with E-state index in [2.05, 4.69) is 15.5 Å². The summed E-state index contributed by atoms with van der Waals surface area (Å²) in [5.74, 6) is -0.0759. The van der Waals surface area contributed by atoms with E-state index >= 15 is 0 Å². The maximum absolute atomic E-state index is 12.3. The van der Waals surface area contributed by atoms with Crippen LogP contribution in [0.5, 0.6) is 0 Å². The number of aryl methyl sites for hydroxylation is 2. The lowest BCUT2D eigenvalue weighted by molar-refractivity contribution is -0.124. The van der Waals surface area contributed by atoms with Gasteiger partial charge in [0.25, 0.3) is 0 Å². The molecule has 3 aromatic rings. The Kier molecular flexibility index (Phi) is 5.51. The molecule has 0 saturated heterocycles. The van der Waals surface area contributed by atoms with Gasteiger partial charge in [0.1, 0.15) is 0 Å². The van der Waals surface area contributed by atoms with Crippen LogP contribution in [0, 0.1) is 19.8 Å². The Labute approximate surface area is 153 Å². The number of aromatic nitrogens is 4. The van der Waals surface area contributed by atoms with Crippen LogP contribution in [0.1, 0.15) is 23.9 Å². The highest BCUT2D eigenvalue weighted by molar-refractivity contribution is 5.78. The third-order valence-corrected chi connectivity index (χ3v) is 4.37. The first-order valence-electron chi connectivity index (χ1n) is 8.90. The fourth-order valence-electron chi connectivity index (χ4n) is 2.92. The van der Waals surface area contributed by atoms with E-state index in [0.717, 1.165) is 29.1 Å². The van der Waals surface area contributed by atoms with Crippen molar-refractivity contribution < 1.29 is 4.79 Å². The van der Waals surface area contributed by atoms with Crippen molar-refractivity contribution in [3.63, 3.8) is 0 Å². The van der Waals surface area contributed by atoms with Crippen LogP contribution in [0.25, 0.3) is 5.69 Å². The SMILES string of the molecule is Cc1cc(C)n(CC(C)C(=O)NCCc2cnn(-c3ccccc3)c2)n1. The van der Waals surface area contributed by atoms with Gasteiger partial charge < -0.3 is 5.32 Å². The highest BCUT2D eigenvalue weighted by Gasteiger charge is 2.15. The summed E-state index contributed by atoms with van der Waals surface area (Å²) in [6.45, 7) is 7.09. The largest absolute Gasteiger partial charge is 0.355 e. The van der Waals surface area contributed by atoms with Crippen molar-refractivity contribution in [3.05, 3.63) is 65.7 Å². The molecule has 3 rings (SSSR count). The van der Waals surface area contributed by atoms with Crippen LogP contribution in [-0.2, 0) is 17.8 Å². The molecule has 26 heavy (non-hydrogen) atoms. The van der Waals surface area contributed by atoms with Crippen molar-refractivity contribution in [3.8, 4) is 5.69 Å². The molecular formula is C20H25N5O. The van der Waals surface area contributed by atoms with Crippen LogP contribution in [0.15, 0.2) is 48.8 Å². The summed E-state index contributed by atoms with van der Waals surface area (Å²) >= 11 is 0. The fraction of sp³-hybridized carbons (Fsp3) is 0.350. The van der Waals surface area contributed by atoms with Crippen LogP contribution in [-0.4, -0.2) is 32.0 Å². The van der Waals surface area contributed by atoms with E-state index in [1.165, 1.54) is 0 Å². The van der Waals surface area contributed by atoms with Crippen molar-refractivity contribution in [1.29, 1.82) is 0 Å². The normalized spacial score (nSPS) is 12.1. The van der Waals surface area contributed by atoms with Gasteiger partial charge in [-0.1, -0.05) is 25.1 Å². The summed E-state index contributed by atoms with van der Waals surface area (Å²) in [5, 5.41) is 11.8. The van der Waals surface area contributed by atoms with Crippen molar-refractivity contribution in [1.82, 2.24) is 24.9 Å². The van der Waals surface area contributed by atoms with E-state index in [9.17, 15) is 4.79 Å². The first kappa shape index (κ1) is 17.9. The molecule has 0 bridgehead atoms. The Morgan fingerprint density at radius 3 is 2.69 bits per heavy atom. The number of hydrogen-bond donors (Lipinski definition) is 1. The summed E-state index contributed by atoms with van der Waals surface area (Å²) < 4.78 is 3.74. The van der Waals surface area contributed by atoms with Gasteiger partial charge in [0.05, 0.1) is 30.0 Å². The Morgan fingerprint density at radius 2 is 2.00 bits per heavy atom. The van der Waals surface area contributed by atoms with E-state index in [0.29, 0.717) is 13.1 Å². The van der Waals surface area contributed by atoms with Gasteiger partial charge in [0.15, 0.2) is 0 Å². The first-order chi connectivity index (χ1) is 12.5. The molecule has 0 radical (unpaired) electrons. The van der Waals surface area contributed by atoms with Gasteiger partial charge in [-0.3, -0.25) is 9.48 Å². The molecule has 1 atom stereocenters. The van der Waals surface area contributed by atoms with Gasteiger partial charge in [-0.25, -0.2) is 4.68 Å². The molecule has 1 N–H and O–H groups in total. The van der Waals surface area contributed by atoms with E-state index in [-0.39, 0.29) is 11.8 Å². The summed E-state index contributed by atoms with van der Waals surface area (Å²) in [5.41, 5.74) is 4.18. The molecule has 0 fully saturated rings. The second-order valence-electron chi connectivity index (χ2n) is 6.68. The predicted molar refractivity (Wildman–Crippen MR) is 101 cm³/mol. The maximum Gasteiger partial charge on any atom is 0.224 e. The molecule has 1 unspecified atom stereocenters. The lowest BCUT2D eigenvalue weighted by Gasteiger charge is -2.13. The first-order valence-corrected chi connectivity index (χ1v) is 8.90. The van der Waals surface area contributed by atoms with Crippen molar-refractivity contribution in [2.24, 2.45) is 5.92 Å².